The maximum atomic E-state index is 13.8. The summed E-state index contributed by atoms with van der Waals surface area (Å²) in [4.78, 5) is 12.8. The molecular formula is C24H24FNO3S. The van der Waals surface area contributed by atoms with E-state index in [2.05, 4.69) is 25.5 Å². The van der Waals surface area contributed by atoms with E-state index >= 15 is 0 Å². The van der Waals surface area contributed by atoms with Crippen LogP contribution in [0.1, 0.15) is 47.8 Å². The van der Waals surface area contributed by atoms with Crippen molar-refractivity contribution in [3.8, 4) is 0 Å². The first-order chi connectivity index (χ1) is 14.0. The second-order valence-electron chi connectivity index (χ2n) is 8.19. The second kappa shape index (κ2) is 8.40. The molecule has 30 heavy (non-hydrogen) atoms. The zero-order valence-electron chi connectivity index (χ0n) is 17.1. The summed E-state index contributed by atoms with van der Waals surface area (Å²) in [5.74, 6) is -1.28. The normalized spacial score (nSPS) is 11.9. The molecule has 3 aromatic rings. The highest BCUT2D eigenvalue weighted by atomic mass is 32.2. The van der Waals surface area contributed by atoms with Crippen molar-refractivity contribution in [1.29, 1.82) is 0 Å². The van der Waals surface area contributed by atoms with E-state index in [0.29, 0.717) is 11.1 Å². The predicted molar refractivity (Wildman–Crippen MR) is 118 cm³/mol. The summed E-state index contributed by atoms with van der Waals surface area (Å²) in [6.45, 7) is 6.29. The van der Waals surface area contributed by atoms with Gasteiger partial charge in [0.2, 0.25) is 10.0 Å². The SMILES string of the molecule is CC(C)(C)c1ccc(C(=O)c2cccc(NS(=O)(=O)Cc3ccccc3F)c2)cc1. The zero-order valence-corrected chi connectivity index (χ0v) is 18.0. The Morgan fingerprint density at radius 2 is 1.57 bits per heavy atom. The van der Waals surface area contributed by atoms with Gasteiger partial charge in [-0.25, -0.2) is 12.8 Å². The molecule has 0 radical (unpaired) electrons. The van der Waals surface area contributed by atoms with E-state index in [1.807, 2.05) is 12.1 Å². The zero-order chi connectivity index (χ0) is 21.9. The van der Waals surface area contributed by atoms with E-state index in [4.69, 9.17) is 0 Å². The van der Waals surface area contributed by atoms with Crippen molar-refractivity contribution in [2.45, 2.75) is 31.9 Å². The summed E-state index contributed by atoms with van der Waals surface area (Å²) in [7, 11) is -3.84. The number of benzene rings is 3. The van der Waals surface area contributed by atoms with Crippen LogP contribution < -0.4 is 4.72 Å². The lowest BCUT2D eigenvalue weighted by Gasteiger charge is -2.19. The largest absolute Gasteiger partial charge is 0.289 e. The number of ketones is 1. The number of hydrogen-bond donors (Lipinski definition) is 1. The van der Waals surface area contributed by atoms with E-state index in [1.165, 1.54) is 24.3 Å². The van der Waals surface area contributed by atoms with Crippen LogP contribution >= 0.6 is 0 Å². The Hall–Kier alpha value is -2.99. The Labute approximate surface area is 176 Å². The van der Waals surface area contributed by atoms with Gasteiger partial charge >= 0.3 is 0 Å². The molecule has 0 bridgehead atoms. The van der Waals surface area contributed by atoms with E-state index in [0.717, 1.165) is 5.56 Å². The van der Waals surface area contributed by atoms with E-state index in [9.17, 15) is 17.6 Å². The van der Waals surface area contributed by atoms with Crippen LogP contribution in [0.4, 0.5) is 10.1 Å². The molecule has 4 nitrogen and oxygen atoms in total. The number of halogens is 1. The fourth-order valence-corrected chi connectivity index (χ4v) is 4.25. The summed E-state index contributed by atoms with van der Waals surface area (Å²) in [6, 6.07) is 19.4. The predicted octanol–water partition coefficient (Wildman–Crippen LogP) is 5.30. The molecule has 0 saturated heterocycles. The van der Waals surface area contributed by atoms with Crippen LogP contribution in [0.15, 0.2) is 72.8 Å². The maximum Gasteiger partial charge on any atom is 0.237 e. The first-order valence-corrected chi connectivity index (χ1v) is 11.2. The fraction of sp³-hybridized carbons (Fsp3) is 0.208. The molecule has 0 amide bonds. The number of carbonyl (C=O) groups excluding carboxylic acids is 1. The van der Waals surface area contributed by atoms with Crippen molar-refractivity contribution in [3.63, 3.8) is 0 Å². The molecule has 3 rings (SSSR count). The average Bonchev–Trinajstić information content (AvgIpc) is 2.68. The highest BCUT2D eigenvalue weighted by Gasteiger charge is 2.17. The molecule has 3 aromatic carbocycles. The molecule has 0 heterocycles. The number of carbonyl (C=O) groups is 1. The fourth-order valence-electron chi connectivity index (χ4n) is 3.05. The minimum absolute atomic E-state index is 0.0159. The van der Waals surface area contributed by atoms with Gasteiger partial charge in [0, 0.05) is 22.4 Å². The van der Waals surface area contributed by atoms with Gasteiger partial charge < -0.3 is 0 Å². The summed E-state index contributed by atoms with van der Waals surface area (Å²) < 4.78 is 41.1. The molecule has 0 spiro atoms. The number of nitrogens with one attached hydrogen (secondary N) is 1. The Morgan fingerprint density at radius 1 is 0.900 bits per heavy atom. The van der Waals surface area contributed by atoms with Crippen LogP contribution in [0.2, 0.25) is 0 Å². The highest BCUT2D eigenvalue weighted by molar-refractivity contribution is 7.91. The van der Waals surface area contributed by atoms with Gasteiger partial charge in [-0.2, -0.15) is 0 Å². The minimum Gasteiger partial charge on any atom is -0.289 e. The Bertz CT molecular complexity index is 1160. The van der Waals surface area contributed by atoms with Gasteiger partial charge in [0.15, 0.2) is 5.78 Å². The standard InChI is InChI=1S/C24H24FNO3S/c1-24(2,3)20-13-11-17(12-14-20)23(27)18-8-6-9-21(15-18)26-30(28,29)16-19-7-4-5-10-22(19)25/h4-15,26H,16H2,1-3H3. The quantitative estimate of drug-likeness (QED) is 0.546. The number of hydrogen-bond acceptors (Lipinski definition) is 3. The van der Waals surface area contributed by atoms with Crippen molar-refractivity contribution in [2.24, 2.45) is 0 Å². The van der Waals surface area contributed by atoms with Gasteiger partial charge in [-0.05, 0) is 29.2 Å². The molecule has 6 heteroatoms. The van der Waals surface area contributed by atoms with Gasteiger partial charge in [0.05, 0.1) is 5.75 Å². The van der Waals surface area contributed by atoms with Crippen LogP contribution in [0.25, 0.3) is 0 Å². The second-order valence-corrected chi connectivity index (χ2v) is 9.91. The third-order valence-corrected chi connectivity index (χ3v) is 5.95. The van der Waals surface area contributed by atoms with E-state index in [-0.39, 0.29) is 22.4 Å². The number of anilines is 1. The van der Waals surface area contributed by atoms with Gasteiger partial charge in [0.25, 0.3) is 0 Å². The molecule has 156 valence electrons. The molecule has 0 atom stereocenters. The van der Waals surface area contributed by atoms with Crippen molar-refractivity contribution < 1.29 is 17.6 Å². The minimum atomic E-state index is -3.84. The van der Waals surface area contributed by atoms with Gasteiger partial charge in [-0.15, -0.1) is 0 Å². The number of sulfonamides is 1. The Morgan fingerprint density at radius 3 is 2.20 bits per heavy atom. The molecule has 0 aliphatic carbocycles. The summed E-state index contributed by atoms with van der Waals surface area (Å²) in [6.07, 6.45) is 0. The van der Waals surface area contributed by atoms with E-state index in [1.54, 1.807) is 36.4 Å². The Kier molecular flexibility index (Phi) is 6.08. The van der Waals surface area contributed by atoms with Crippen LogP contribution in [0.5, 0.6) is 0 Å². The first-order valence-electron chi connectivity index (χ1n) is 9.54. The lowest BCUT2D eigenvalue weighted by molar-refractivity contribution is 0.103. The topological polar surface area (TPSA) is 63.2 Å². The summed E-state index contributed by atoms with van der Waals surface area (Å²) in [5.41, 5.74) is 2.32. The number of rotatable bonds is 6. The maximum absolute atomic E-state index is 13.8. The van der Waals surface area contributed by atoms with Crippen molar-refractivity contribution >= 4 is 21.5 Å². The summed E-state index contributed by atoms with van der Waals surface area (Å²) in [5, 5.41) is 0. The van der Waals surface area contributed by atoms with Crippen LogP contribution in [0.3, 0.4) is 0 Å². The third-order valence-electron chi connectivity index (χ3n) is 4.71. The highest BCUT2D eigenvalue weighted by Crippen LogP contribution is 2.24. The molecule has 0 aliphatic heterocycles. The monoisotopic (exact) mass is 425 g/mol. The van der Waals surface area contributed by atoms with Gasteiger partial charge in [0.1, 0.15) is 5.82 Å². The van der Waals surface area contributed by atoms with Crippen molar-refractivity contribution in [1.82, 2.24) is 0 Å². The first kappa shape index (κ1) is 21.7. The molecule has 0 unspecified atom stereocenters. The third kappa shape index (κ3) is 5.33. The Balaban J connectivity index is 1.79. The molecule has 1 N–H and O–H groups in total. The lowest BCUT2D eigenvalue weighted by Crippen LogP contribution is -2.16. The molecular weight excluding hydrogens is 401 g/mol. The van der Waals surface area contributed by atoms with Gasteiger partial charge in [-0.1, -0.05) is 75.4 Å². The van der Waals surface area contributed by atoms with Crippen LogP contribution in [0, 0.1) is 5.82 Å². The van der Waals surface area contributed by atoms with Crippen molar-refractivity contribution in [2.75, 3.05) is 4.72 Å². The van der Waals surface area contributed by atoms with Crippen LogP contribution in [-0.4, -0.2) is 14.2 Å². The van der Waals surface area contributed by atoms with Gasteiger partial charge in [-0.3, -0.25) is 9.52 Å². The average molecular weight is 426 g/mol. The molecule has 0 saturated carbocycles. The van der Waals surface area contributed by atoms with E-state index < -0.39 is 21.6 Å². The molecule has 0 aliphatic rings. The van der Waals surface area contributed by atoms with Crippen LogP contribution in [-0.2, 0) is 21.2 Å². The molecule has 0 fully saturated rings. The summed E-state index contributed by atoms with van der Waals surface area (Å²) >= 11 is 0. The van der Waals surface area contributed by atoms with Crippen molar-refractivity contribution in [3.05, 3.63) is 101 Å². The molecule has 0 aromatic heterocycles. The lowest BCUT2D eigenvalue weighted by atomic mass is 9.86. The smallest absolute Gasteiger partial charge is 0.237 e.